The summed E-state index contributed by atoms with van der Waals surface area (Å²) in [6.07, 6.45) is 2.91. The van der Waals surface area contributed by atoms with E-state index in [2.05, 4.69) is 5.32 Å². The van der Waals surface area contributed by atoms with Crippen molar-refractivity contribution >= 4 is 39.1 Å². The van der Waals surface area contributed by atoms with Crippen LogP contribution in [0.3, 0.4) is 0 Å². The van der Waals surface area contributed by atoms with Gasteiger partial charge in [-0.1, -0.05) is 35.9 Å². The molecule has 2 aliphatic heterocycles. The van der Waals surface area contributed by atoms with E-state index in [0.29, 0.717) is 42.2 Å². The highest BCUT2D eigenvalue weighted by Crippen LogP contribution is 2.59. The Labute approximate surface area is 244 Å². The molecule has 2 amide bonds. The number of sulfonamides is 1. The van der Waals surface area contributed by atoms with Crippen molar-refractivity contribution in [1.29, 1.82) is 0 Å². The molecule has 0 bridgehead atoms. The minimum absolute atomic E-state index is 0.0158. The third-order valence-corrected chi connectivity index (χ3v) is 10.9. The van der Waals surface area contributed by atoms with Crippen molar-refractivity contribution in [2.75, 3.05) is 17.4 Å². The molecule has 41 heavy (non-hydrogen) atoms. The molecule has 7 nitrogen and oxygen atoms in total. The molecule has 3 aliphatic rings. The second-order valence-electron chi connectivity index (χ2n) is 11.2. The molecule has 1 N–H and O–H groups in total. The highest BCUT2D eigenvalue weighted by molar-refractivity contribution is 7.92. The number of hydrogen-bond acceptors (Lipinski definition) is 4. The number of halogens is 2. The smallest absolute Gasteiger partial charge is 0.264 e. The normalized spacial score (nSPS) is 19.7. The molecule has 1 atom stereocenters. The Morgan fingerprint density at radius 1 is 1.02 bits per heavy atom. The van der Waals surface area contributed by atoms with Crippen molar-refractivity contribution in [3.05, 3.63) is 94.3 Å². The van der Waals surface area contributed by atoms with E-state index in [1.165, 1.54) is 22.5 Å². The van der Waals surface area contributed by atoms with E-state index in [9.17, 15) is 22.4 Å². The van der Waals surface area contributed by atoms with E-state index in [0.717, 1.165) is 30.0 Å². The molecule has 1 aliphatic carbocycles. The number of piperidine rings is 1. The lowest BCUT2D eigenvalue weighted by molar-refractivity contribution is -0.130. The summed E-state index contributed by atoms with van der Waals surface area (Å²) in [5.74, 6) is -0.799. The predicted molar refractivity (Wildman–Crippen MR) is 155 cm³/mol. The molecule has 6 rings (SSSR count). The summed E-state index contributed by atoms with van der Waals surface area (Å²) in [4.78, 5) is 27.2. The molecule has 10 heteroatoms. The fraction of sp³-hybridized carbons (Fsp3) is 0.355. The molecule has 2 fully saturated rings. The maximum Gasteiger partial charge on any atom is 0.264 e. The third kappa shape index (κ3) is 4.89. The zero-order valence-corrected chi connectivity index (χ0v) is 24.2. The number of amides is 2. The fourth-order valence-electron chi connectivity index (χ4n) is 6.58. The van der Waals surface area contributed by atoms with Crippen LogP contribution in [0.2, 0.25) is 5.02 Å². The lowest BCUT2D eigenvalue weighted by Gasteiger charge is -2.45. The summed E-state index contributed by atoms with van der Waals surface area (Å²) in [6, 6.07) is 17.2. The third-order valence-electron chi connectivity index (χ3n) is 8.77. The molecule has 3 aromatic carbocycles. The van der Waals surface area contributed by atoms with Crippen LogP contribution in [0.1, 0.15) is 54.1 Å². The van der Waals surface area contributed by atoms with Crippen LogP contribution in [-0.2, 0) is 26.8 Å². The molecular weight excluding hydrogens is 565 g/mol. The van der Waals surface area contributed by atoms with Gasteiger partial charge in [0.2, 0.25) is 5.91 Å². The number of benzene rings is 3. The van der Waals surface area contributed by atoms with Crippen molar-refractivity contribution in [3.63, 3.8) is 0 Å². The Morgan fingerprint density at radius 3 is 2.41 bits per heavy atom. The number of carbonyl (C=O) groups excluding carboxylic acids is 2. The number of nitrogens with one attached hydrogen (secondary N) is 1. The average Bonchev–Trinajstić information content (AvgIpc) is 3.76. The van der Waals surface area contributed by atoms with Crippen LogP contribution in [0.15, 0.2) is 71.6 Å². The van der Waals surface area contributed by atoms with Gasteiger partial charge in [0.25, 0.3) is 15.9 Å². The number of rotatable bonds is 6. The maximum atomic E-state index is 14.2. The van der Waals surface area contributed by atoms with Crippen LogP contribution in [0, 0.1) is 11.7 Å². The van der Waals surface area contributed by atoms with Crippen LogP contribution in [-0.4, -0.2) is 44.3 Å². The number of anilines is 1. The van der Waals surface area contributed by atoms with Crippen LogP contribution in [0.4, 0.5) is 10.1 Å². The van der Waals surface area contributed by atoms with Crippen molar-refractivity contribution < 1.29 is 22.4 Å². The molecule has 0 radical (unpaired) electrons. The Kier molecular flexibility index (Phi) is 7.06. The van der Waals surface area contributed by atoms with E-state index in [4.69, 9.17) is 11.6 Å². The van der Waals surface area contributed by atoms with Gasteiger partial charge in [-0.25, -0.2) is 12.8 Å². The van der Waals surface area contributed by atoms with Crippen molar-refractivity contribution in [2.45, 2.75) is 55.5 Å². The van der Waals surface area contributed by atoms with Crippen LogP contribution in [0.5, 0.6) is 0 Å². The molecule has 1 saturated carbocycles. The van der Waals surface area contributed by atoms with Crippen LogP contribution in [0.25, 0.3) is 0 Å². The monoisotopic (exact) mass is 595 g/mol. The lowest BCUT2D eigenvalue weighted by atomic mass is 9.68. The van der Waals surface area contributed by atoms with E-state index in [1.54, 1.807) is 30.0 Å². The Morgan fingerprint density at radius 2 is 1.76 bits per heavy atom. The SMILES string of the molecule is CC(=O)N1CCC2(CC1)c1cc(C(=O)NCc3ccccc3Cl)ccc1N(S(=O)(=O)c1cccc(F)c1)C2C1CC1. The van der Waals surface area contributed by atoms with E-state index in [1.807, 2.05) is 24.3 Å². The van der Waals surface area contributed by atoms with Crippen molar-refractivity contribution in [1.82, 2.24) is 10.2 Å². The predicted octanol–water partition coefficient (Wildman–Crippen LogP) is 5.28. The van der Waals surface area contributed by atoms with Crippen molar-refractivity contribution in [2.24, 2.45) is 5.92 Å². The molecular formula is C31H31ClFN3O4S. The minimum Gasteiger partial charge on any atom is -0.348 e. The number of nitrogens with zero attached hydrogens (tertiary/aromatic N) is 2. The van der Waals surface area contributed by atoms with Crippen molar-refractivity contribution in [3.8, 4) is 0 Å². The largest absolute Gasteiger partial charge is 0.348 e. The van der Waals surface area contributed by atoms with Gasteiger partial charge < -0.3 is 10.2 Å². The summed E-state index contributed by atoms with van der Waals surface area (Å²) in [5.41, 5.74) is 1.94. The van der Waals surface area contributed by atoms with E-state index >= 15 is 0 Å². The van der Waals surface area contributed by atoms with Gasteiger partial charge in [0.05, 0.1) is 16.6 Å². The first-order valence-corrected chi connectivity index (χ1v) is 15.7. The molecule has 214 valence electrons. The molecule has 3 aromatic rings. The molecule has 1 saturated heterocycles. The minimum atomic E-state index is -4.12. The van der Waals surface area contributed by atoms with Gasteiger partial charge >= 0.3 is 0 Å². The molecule has 1 spiro atoms. The summed E-state index contributed by atoms with van der Waals surface area (Å²) < 4.78 is 44.1. The Balaban J connectivity index is 1.42. The highest BCUT2D eigenvalue weighted by atomic mass is 35.5. The van der Waals surface area contributed by atoms with Gasteiger partial charge in [-0.3, -0.25) is 13.9 Å². The maximum absolute atomic E-state index is 14.2. The lowest BCUT2D eigenvalue weighted by Crippen LogP contribution is -2.54. The number of hydrogen-bond donors (Lipinski definition) is 1. The number of carbonyl (C=O) groups is 2. The summed E-state index contributed by atoms with van der Waals surface area (Å²) in [6.45, 7) is 2.78. The van der Waals surface area contributed by atoms with Gasteiger partial charge in [-0.2, -0.15) is 0 Å². The summed E-state index contributed by atoms with van der Waals surface area (Å²) >= 11 is 6.27. The molecule has 2 heterocycles. The fourth-order valence-corrected chi connectivity index (χ4v) is 8.61. The zero-order valence-electron chi connectivity index (χ0n) is 22.6. The first kappa shape index (κ1) is 27.7. The molecule has 0 aromatic heterocycles. The van der Waals surface area contributed by atoms with Gasteiger partial charge in [0, 0.05) is 42.6 Å². The standard InChI is InChI=1S/C31H31ClFN3O4S/c1-20(37)35-15-13-31(14-16-35)26-17-22(30(38)34-19-23-5-2-3-8-27(23)32)11-12-28(26)36(29(31)21-9-10-21)41(39,40)25-7-4-6-24(33)18-25/h2-8,11-12,17-18,21,29H,9-10,13-16,19H2,1H3,(H,34,38). The topological polar surface area (TPSA) is 86.8 Å². The number of likely N-dealkylation sites (tertiary alicyclic amines) is 1. The first-order chi connectivity index (χ1) is 19.6. The van der Waals surface area contributed by atoms with Crippen LogP contribution >= 0.6 is 11.6 Å². The quantitative estimate of drug-likeness (QED) is 0.420. The van der Waals surface area contributed by atoms with E-state index < -0.39 is 21.3 Å². The summed E-state index contributed by atoms with van der Waals surface area (Å²) in [7, 11) is -4.12. The second-order valence-corrected chi connectivity index (χ2v) is 13.4. The second kappa shape index (κ2) is 10.4. The van der Waals surface area contributed by atoms with Gasteiger partial charge in [0.1, 0.15) is 5.82 Å². The van der Waals surface area contributed by atoms with Gasteiger partial charge in [0.15, 0.2) is 0 Å². The Bertz CT molecular complexity index is 1630. The first-order valence-electron chi connectivity index (χ1n) is 13.8. The van der Waals surface area contributed by atoms with Gasteiger partial charge in [-0.15, -0.1) is 0 Å². The average molecular weight is 596 g/mol. The van der Waals surface area contributed by atoms with E-state index in [-0.39, 0.29) is 35.2 Å². The zero-order chi connectivity index (χ0) is 28.9. The van der Waals surface area contributed by atoms with Crippen LogP contribution < -0.4 is 9.62 Å². The Hall–Kier alpha value is -3.43. The van der Waals surface area contributed by atoms with Gasteiger partial charge in [-0.05, 0) is 85.2 Å². The summed E-state index contributed by atoms with van der Waals surface area (Å²) in [5, 5.41) is 3.49. The number of fused-ring (bicyclic) bond motifs is 2. The molecule has 1 unspecified atom stereocenters. The highest BCUT2D eigenvalue weighted by Gasteiger charge is 2.60.